The van der Waals surface area contributed by atoms with Crippen LogP contribution in [0.1, 0.15) is 24.0 Å². The molecule has 110 valence electrons. The number of piperidine rings is 1. The van der Waals surface area contributed by atoms with E-state index in [0.717, 1.165) is 32.0 Å². The first-order valence-electron chi connectivity index (χ1n) is 6.54. The molecule has 1 saturated heterocycles. The number of benzene rings is 1. The molecule has 20 heavy (non-hydrogen) atoms. The third kappa shape index (κ3) is 3.93. The number of nitrogens with zero attached hydrogens (tertiary/aromatic N) is 1. The lowest BCUT2D eigenvalue weighted by atomic mass is 9.97. The maximum Gasteiger partial charge on any atom is 0.416 e. The van der Waals surface area contributed by atoms with E-state index in [1.807, 2.05) is 0 Å². The zero-order valence-electron chi connectivity index (χ0n) is 11.0. The summed E-state index contributed by atoms with van der Waals surface area (Å²) in [6.07, 6.45) is -2.35. The van der Waals surface area contributed by atoms with Crippen molar-refractivity contribution in [3.05, 3.63) is 35.4 Å². The minimum Gasteiger partial charge on any atom is -0.393 e. The molecule has 0 amide bonds. The van der Waals surface area contributed by atoms with Crippen LogP contribution in [0.5, 0.6) is 0 Å². The molecule has 1 aromatic carbocycles. The molecule has 1 aromatic rings. The van der Waals surface area contributed by atoms with Gasteiger partial charge in [-0.25, -0.2) is 0 Å². The summed E-state index contributed by atoms with van der Waals surface area (Å²) >= 11 is 5.00. The fourth-order valence-electron chi connectivity index (χ4n) is 2.54. The molecular weight excluding hydrogens is 285 g/mol. The summed E-state index contributed by atoms with van der Waals surface area (Å²) < 4.78 is 38.0. The lowest BCUT2D eigenvalue weighted by Crippen LogP contribution is -2.40. The molecule has 2 N–H and O–H groups in total. The summed E-state index contributed by atoms with van der Waals surface area (Å²) in [7, 11) is 0. The average Bonchev–Trinajstić information content (AvgIpc) is 2.38. The molecule has 0 bridgehead atoms. The van der Waals surface area contributed by atoms with E-state index in [1.54, 1.807) is 6.07 Å². The molecule has 6 heteroatoms. The monoisotopic (exact) mass is 302 g/mol. The number of thiocarbonyl (C=S) groups is 1. The van der Waals surface area contributed by atoms with E-state index in [4.69, 9.17) is 18.0 Å². The number of hydrogen-bond acceptors (Lipinski definition) is 2. The maximum absolute atomic E-state index is 12.7. The first-order valence-corrected chi connectivity index (χ1v) is 6.95. The SMILES string of the molecule is NC(=S)C1CCCN(Cc2cccc(C(F)(F)F)c2)C1. The van der Waals surface area contributed by atoms with Crippen molar-refractivity contribution >= 4 is 17.2 Å². The van der Waals surface area contributed by atoms with Crippen molar-refractivity contribution in [2.75, 3.05) is 13.1 Å². The van der Waals surface area contributed by atoms with Crippen LogP contribution in [0.3, 0.4) is 0 Å². The highest BCUT2D eigenvalue weighted by molar-refractivity contribution is 7.80. The molecule has 0 saturated carbocycles. The summed E-state index contributed by atoms with van der Waals surface area (Å²) in [5.74, 6) is 0.171. The molecular formula is C14H17F3N2S. The molecule has 0 radical (unpaired) electrons. The fraction of sp³-hybridized carbons (Fsp3) is 0.500. The van der Waals surface area contributed by atoms with Gasteiger partial charge < -0.3 is 5.73 Å². The zero-order valence-corrected chi connectivity index (χ0v) is 11.8. The predicted molar refractivity (Wildman–Crippen MR) is 76.2 cm³/mol. The Kier molecular flexibility index (Phi) is 4.65. The largest absolute Gasteiger partial charge is 0.416 e. The van der Waals surface area contributed by atoms with Gasteiger partial charge in [-0.15, -0.1) is 0 Å². The number of halogens is 3. The molecule has 1 atom stereocenters. The fourth-order valence-corrected chi connectivity index (χ4v) is 2.73. The molecule has 2 nitrogen and oxygen atoms in total. The second-order valence-electron chi connectivity index (χ2n) is 5.17. The highest BCUT2D eigenvalue weighted by Crippen LogP contribution is 2.30. The number of nitrogens with two attached hydrogens (primary N) is 1. The van der Waals surface area contributed by atoms with Gasteiger partial charge in [0.05, 0.1) is 10.6 Å². The summed E-state index contributed by atoms with van der Waals surface area (Å²) in [4.78, 5) is 2.61. The van der Waals surface area contributed by atoms with Crippen LogP contribution in [-0.2, 0) is 12.7 Å². The van der Waals surface area contributed by atoms with Crippen molar-refractivity contribution in [1.29, 1.82) is 0 Å². The van der Waals surface area contributed by atoms with Crippen LogP contribution < -0.4 is 5.73 Å². The summed E-state index contributed by atoms with van der Waals surface area (Å²) in [6.45, 7) is 2.10. The molecule has 0 aromatic heterocycles. The molecule has 1 aliphatic rings. The van der Waals surface area contributed by atoms with E-state index < -0.39 is 11.7 Å². The Labute approximate surface area is 121 Å². The van der Waals surface area contributed by atoms with Crippen LogP contribution in [0.15, 0.2) is 24.3 Å². The topological polar surface area (TPSA) is 29.3 Å². The van der Waals surface area contributed by atoms with Gasteiger partial charge in [0.25, 0.3) is 0 Å². The highest BCUT2D eigenvalue weighted by atomic mass is 32.1. The second-order valence-corrected chi connectivity index (χ2v) is 5.65. The smallest absolute Gasteiger partial charge is 0.393 e. The lowest BCUT2D eigenvalue weighted by molar-refractivity contribution is -0.137. The Morgan fingerprint density at radius 3 is 2.80 bits per heavy atom. The third-order valence-electron chi connectivity index (χ3n) is 3.57. The van der Waals surface area contributed by atoms with E-state index in [2.05, 4.69) is 4.90 Å². The van der Waals surface area contributed by atoms with Crippen molar-refractivity contribution in [2.24, 2.45) is 11.7 Å². The van der Waals surface area contributed by atoms with Gasteiger partial charge in [0, 0.05) is 19.0 Å². The maximum atomic E-state index is 12.7. The van der Waals surface area contributed by atoms with Gasteiger partial charge in [-0.1, -0.05) is 30.4 Å². The normalized spacial score (nSPS) is 20.9. The van der Waals surface area contributed by atoms with Gasteiger partial charge in [-0.05, 0) is 31.0 Å². The van der Waals surface area contributed by atoms with Gasteiger partial charge in [-0.3, -0.25) is 4.90 Å². The Morgan fingerprint density at radius 2 is 2.15 bits per heavy atom. The highest BCUT2D eigenvalue weighted by Gasteiger charge is 2.30. The van der Waals surface area contributed by atoms with Crippen LogP contribution in [0.25, 0.3) is 0 Å². The Hall–Kier alpha value is -1.14. The minimum absolute atomic E-state index is 0.171. The number of likely N-dealkylation sites (tertiary alicyclic amines) is 1. The molecule has 1 fully saturated rings. The van der Waals surface area contributed by atoms with Gasteiger partial charge in [0.1, 0.15) is 0 Å². The van der Waals surface area contributed by atoms with Crippen molar-refractivity contribution in [2.45, 2.75) is 25.6 Å². The summed E-state index contributed by atoms with van der Waals surface area (Å²) in [5.41, 5.74) is 5.73. The summed E-state index contributed by atoms with van der Waals surface area (Å²) in [6, 6.07) is 5.48. The molecule has 1 heterocycles. The Bertz CT molecular complexity index is 488. The molecule has 1 aliphatic heterocycles. The van der Waals surface area contributed by atoms with Gasteiger partial charge in [-0.2, -0.15) is 13.2 Å². The van der Waals surface area contributed by atoms with E-state index in [9.17, 15) is 13.2 Å². The lowest BCUT2D eigenvalue weighted by Gasteiger charge is -2.32. The quantitative estimate of drug-likeness (QED) is 0.869. The minimum atomic E-state index is -4.29. The van der Waals surface area contributed by atoms with Gasteiger partial charge in [0.2, 0.25) is 0 Å². The number of rotatable bonds is 3. The molecule has 2 rings (SSSR count). The molecule has 1 unspecified atom stereocenters. The summed E-state index contributed by atoms with van der Waals surface area (Å²) in [5, 5.41) is 0. The van der Waals surface area contributed by atoms with Crippen molar-refractivity contribution < 1.29 is 13.2 Å². The van der Waals surface area contributed by atoms with Crippen molar-refractivity contribution in [3.63, 3.8) is 0 Å². The zero-order chi connectivity index (χ0) is 14.8. The average molecular weight is 302 g/mol. The van der Waals surface area contributed by atoms with E-state index in [1.165, 1.54) is 12.1 Å². The van der Waals surface area contributed by atoms with Crippen molar-refractivity contribution in [3.8, 4) is 0 Å². The van der Waals surface area contributed by atoms with Gasteiger partial charge in [0.15, 0.2) is 0 Å². The van der Waals surface area contributed by atoms with Crippen LogP contribution in [0.4, 0.5) is 13.2 Å². The Morgan fingerprint density at radius 1 is 1.40 bits per heavy atom. The van der Waals surface area contributed by atoms with Gasteiger partial charge >= 0.3 is 6.18 Å². The predicted octanol–water partition coefficient (Wildman–Crippen LogP) is 3.20. The van der Waals surface area contributed by atoms with Crippen molar-refractivity contribution in [1.82, 2.24) is 4.90 Å². The molecule has 0 aliphatic carbocycles. The second kappa shape index (κ2) is 6.10. The third-order valence-corrected chi connectivity index (χ3v) is 3.90. The molecule has 0 spiro atoms. The first kappa shape index (κ1) is 15.3. The van der Waals surface area contributed by atoms with Crippen LogP contribution in [0.2, 0.25) is 0 Å². The number of alkyl halides is 3. The van der Waals surface area contributed by atoms with E-state index >= 15 is 0 Å². The first-order chi connectivity index (χ1) is 9.36. The van der Waals surface area contributed by atoms with E-state index in [0.29, 0.717) is 17.1 Å². The van der Waals surface area contributed by atoms with Crippen LogP contribution >= 0.6 is 12.2 Å². The number of hydrogen-bond donors (Lipinski definition) is 1. The van der Waals surface area contributed by atoms with Crippen LogP contribution in [-0.4, -0.2) is 23.0 Å². The standard InChI is InChI=1S/C14H17F3N2S/c15-14(16,17)12-5-1-3-10(7-12)8-19-6-2-4-11(9-19)13(18)20/h1,3,5,7,11H,2,4,6,8-9H2,(H2,18,20). The van der Waals surface area contributed by atoms with E-state index in [-0.39, 0.29) is 5.92 Å². The Balaban J connectivity index is 2.04. The van der Waals surface area contributed by atoms with Crippen LogP contribution in [0, 0.1) is 5.92 Å².